The largest absolute Gasteiger partial charge is 0.390 e. The maximum absolute atomic E-state index is 10.7. The first-order valence-corrected chi connectivity index (χ1v) is 6.89. The minimum Gasteiger partial charge on any atom is -0.390 e. The standard InChI is InChI=1S/C13H27N3O2/c1-10-3-5-16(6-4-10)9-12(17)8-15-11(2)7-13(14)18/h10-12,15,17H,3-9H2,1-2H3,(H2,14,18). The summed E-state index contributed by atoms with van der Waals surface area (Å²) in [5, 5.41) is 13.1. The molecule has 5 nitrogen and oxygen atoms in total. The lowest BCUT2D eigenvalue weighted by Gasteiger charge is -2.31. The molecule has 1 fully saturated rings. The van der Waals surface area contributed by atoms with Crippen LogP contribution >= 0.6 is 0 Å². The summed E-state index contributed by atoms with van der Waals surface area (Å²) in [7, 11) is 0. The number of aliphatic hydroxyl groups is 1. The molecule has 2 unspecified atom stereocenters. The number of hydrogen-bond acceptors (Lipinski definition) is 4. The summed E-state index contributed by atoms with van der Waals surface area (Å²) in [4.78, 5) is 13.0. The number of β-amino-alcohol motifs (C(OH)–C–C–N with tert-alkyl or cyclic N) is 1. The van der Waals surface area contributed by atoms with Gasteiger partial charge in [-0.2, -0.15) is 0 Å². The Morgan fingerprint density at radius 1 is 1.50 bits per heavy atom. The average Bonchev–Trinajstić information content (AvgIpc) is 2.29. The van der Waals surface area contributed by atoms with Crippen molar-refractivity contribution in [2.45, 2.75) is 45.3 Å². The number of aliphatic hydroxyl groups excluding tert-OH is 1. The zero-order valence-electron chi connectivity index (χ0n) is 11.6. The van der Waals surface area contributed by atoms with Crippen molar-refractivity contribution in [3.8, 4) is 0 Å². The van der Waals surface area contributed by atoms with Gasteiger partial charge in [0.25, 0.3) is 0 Å². The topological polar surface area (TPSA) is 78.6 Å². The molecule has 1 amide bonds. The second kappa shape index (κ2) is 7.71. The van der Waals surface area contributed by atoms with E-state index >= 15 is 0 Å². The van der Waals surface area contributed by atoms with E-state index in [-0.39, 0.29) is 18.1 Å². The SMILES string of the molecule is CC1CCN(CC(O)CNC(C)CC(N)=O)CC1. The van der Waals surface area contributed by atoms with Crippen molar-refractivity contribution in [2.75, 3.05) is 26.2 Å². The molecule has 18 heavy (non-hydrogen) atoms. The van der Waals surface area contributed by atoms with Crippen molar-refractivity contribution in [3.63, 3.8) is 0 Å². The van der Waals surface area contributed by atoms with Crippen molar-refractivity contribution >= 4 is 5.91 Å². The van der Waals surface area contributed by atoms with Crippen molar-refractivity contribution in [1.82, 2.24) is 10.2 Å². The van der Waals surface area contributed by atoms with E-state index in [0.717, 1.165) is 19.0 Å². The molecule has 4 N–H and O–H groups in total. The smallest absolute Gasteiger partial charge is 0.218 e. The molecule has 1 saturated heterocycles. The van der Waals surface area contributed by atoms with Gasteiger partial charge >= 0.3 is 0 Å². The Labute approximate surface area is 110 Å². The summed E-state index contributed by atoms with van der Waals surface area (Å²) in [6, 6.07) is 0.0264. The Morgan fingerprint density at radius 2 is 2.11 bits per heavy atom. The number of nitrogens with one attached hydrogen (secondary N) is 1. The minimum atomic E-state index is -0.381. The van der Waals surface area contributed by atoms with Crippen LogP contribution in [0, 0.1) is 5.92 Å². The fraction of sp³-hybridized carbons (Fsp3) is 0.923. The third-order valence-corrected chi connectivity index (χ3v) is 3.55. The van der Waals surface area contributed by atoms with Crippen LogP contribution in [-0.4, -0.2) is 54.2 Å². The lowest BCUT2D eigenvalue weighted by molar-refractivity contribution is -0.118. The van der Waals surface area contributed by atoms with E-state index in [2.05, 4.69) is 17.1 Å². The first-order valence-electron chi connectivity index (χ1n) is 6.89. The van der Waals surface area contributed by atoms with E-state index in [0.29, 0.717) is 19.5 Å². The number of carbonyl (C=O) groups excluding carboxylic acids is 1. The molecule has 0 aliphatic carbocycles. The normalized spacial score (nSPS) is 21.7. The van der Waals surface area contributed by atoms with Gasteiger partial charge in [-0.05, 0) is 38.8 Å². The Bertz CT molecular complexity index is 253. The van der Waals surface area contributed by atoms with E-state index < -0.39 is 0 Å². The zero-order valence-corrected chi connectivity index (χ0v) is 11.6. The highest BCUT2D eigenvalue weighted by molar-refractivity contribution is 5.74. The predicted molar refractivity (Wildman–Crippen MR) is 72.1 cm³/mol. The van der Waals surface area contributed by atoms with E-state index in [1.165, 1.54) is 12.8 Å². The van der Waals surface area contributed by atoms with E-state index in [4.69, 9.17) is 5.73 Å². The van der Waals surface area contributed by atoms with Crippen LogP contribution in [0.4, 0.5) is 0 Å². The maximum Gasteiger partial charge on any atom is 0.218 e. The van der Waals surface area contributed by atoms with Gasteiger partial charge in [0.05, 0.1) is 6.10 Å². The summed E-state index contributed by atoms with van der Waals surface area (Å²) in [5.41, 5.74) is 5.11. The maximum atomic E-state index is 10.7. The monoisotopic (exact) mass is 257 g/mol. The Morgan fingerprint density at radius 3 is 2.67 bits per heavy atom. The van der Waals surface area contributed by atoms with Crippen molar-refractivity contribution in [2.24, 2.45) is 11.7 Å². The molecule has 1 aliphatic rings. The molecule has 0 aromatic rings. The minimum absolute atomic E-state index is 0.0264. The fourth-order valence-corrected chi connectivity index (χ4v) is 2.32. The molecule has 0 saturated carbocycles. The first kappa shape index (κ1) is 15.4. The van der Waals surface area contributed by atoms with Gasteiger partial charge < -0.3 is 21.1 Å². The highest BCUT2D eigenvalue weighted by Crippen LogP contribution is 2.15. The lowest BCUT2D eigenvalue weighted by atomic mass is 9.99. The number of amides is 1. The number of primary amides is 1. The number of likely N-dealkylation sites (tertiary alicyclic amines) is 1. The highest BCUT2D eigenvalue weighted by atomic mass is 16.3. The fourth-order valence-electron chi connectivity index (χ4n) is 2.32. The Balaban J connectivity index is 2.13. The van der Waals surface area contributed by atoms with E-state index in [9.17, 15) is 9.90 Å². The molecule has 0 bridgehead atoms. The molecule has 1 aliphatic heterocycles. The van der Waals surface area contributed by atoms with Gasteiger partial charge in [-0.1, -0.05) is 6.92 Å². The third kappa shape index (κ3) is 6.33. The summed E-state index contributed by atoms with van der Waals surface area (Å²) in [6.07, 6.45) is 2.37. The average molecular weight is 257 g/mol. The molecule has 106 valence electrons. The van der Waals surface area contributed by atoms with Gasteiger partial charge in [-0.3, -0.25) is 4.79 Å². The van der Waals surface area contributed by atoms with Crippen LogP contribution in [0.2, 0.25) is 0 Å². The molecule has 0 aromatic carbocycles. The number of carbonyl (C=O) groups is 1. The predicted octanol–water partition coefficient (Wildman–Crippen LogP) is -0.0673. The summed E-state index contributed by atoms with van der Waals surface area (Å²) in [6.45, 7) is 7.56. The molecule has 0 spiro atoms. The van der Waals surface area contributed by atoms with E-state index in [1.54, 1.807) is 0 Å². The molecule has 1 rings (SSSR count). The van der Waals surface area contributed by atoms with Crippen LogP contribution < -0.4 is 11.1 Å². The van der Waals surface area contributed by atoms with Crippen molar-refractivity contribution in [3.05, 3.63) is 0 Å². The number of nitrogens with two attached hydrogens (primary N) is 1. The van der Waals surface area contributed by atoms with Gasteiger partial charge in [0.15, 0.2) is 0 Å². The molecule has 0 radical (unpaired) electrons. The third-order valence-electron chi connectivity index (χ3n) is 3.55. The van der Waals surface area contributed by atoms with Crippen molar-refractivity contribution < 1.29 is 9.90 Å². The van der Waals surface area contributed by atoms with Crippen LogP contribution in [0.15, 0.2) is 0 Å². The van der Waals surface area contributed by atoms with Crippen LogP contribution in [0.5, 0.6) is 0 Å². The number of rotatable bonds is 7. The Kier molecular flexibility index (Phi) is 6.60. The van der Waals surface area contributed by atoms with Crippen LogP contribution in [0.25, 0.3) is 0 Å². The van der Waals surface area contributed by atoms with Crippen LogP contribution in [0.3, 0.4) is 0 Å². The molecular weight excluding hydrogens is 230 g/mol. The van der Waals surface area contributed by atoms with Crippen molar-refractivity contribution in [1.29, 1.82) is 0 Å². The molecule has 0 aromatic heterocycles. The number of piperidine rings is 1. The van der Waals surface area contributed by atoms with Crippen LogP contribution in [0.1, 0.15) is 33.1 Å². The summed E-state index contributed by atoms with van der Waals surface area (Å²) < 4.78 is 0. The summed E-state index contributed by atoms with van der Waals surface area (Å²) >= 11 is 0. The summed E-state index contributed by atoms with van der Waals surface area (Å²) in [5.74, 6) is 0.501. The van der Waals surface area contributed by atoms with Gasteiger partial charge in [-0.15, -0.1) is 0 Å². The quantitative estimate of drug-likeness (QED) is 0.597. The van der Waals surface area contributed by atoms with Gasteiger partial charge in [0.2, 0.25) is 5.91 Å². The molecule has 1 heterocycles. The number of nitrogens with zero attached hydrogens (tertiary/aromatic N) is 1. The van der Waals surface area contributed by atoms with E-state index in [1.807, 2.05) is 6.92 Å². The first-order chi connectivity index (χ1) is 8.47. The number of hydrogen-bond donors (Lipinski definition) is 3. The lowest BCUT2D eigenvalue weighted by Crippen LogP contribution is -2.44. The second-order valence-electron chi connectivity index (χ2n) is 5.62. The Hall–Kier alpha value is -0.650. The molecule has 5 heteroatoms. The van der Waals surface area contributed by atoms with Gasteiger partial charge in [0, 0.05) is 25.6 Å². The highest BCUT2D eigenvalue weighted by Gasteiger charge is 2.18. The molecular formula is C13H27N3O2. The second-order valence-corrected chi connectivity index (χ2v) is 5.62. The molecule has 2 atom stereocenters. The van der Waals surface area contributed by atoms with Crippen LogP contribution in [-0.2, 0) is 4.79 Å². The zero-order chi connectivity index (χ0) is 13.5. The van der Waals surface area contributed by atoms with Gasteiger partial charge in [0.1, 0.15) is 0 Å². The van der Waals surface area contributed by atoms with Gasteiger partial charge in [-0.25, -0.2) is 0 Å².